The fourth-order valence-corrected chi connectivity index (χ4v) is 5.41. The smallest absolute Gasteiger partial charge is 0.343 e. The van der Waals surface area contributed by atoms with Crippen LogP contribution in [0.3, 0.4) is 0 Å². The number of sulfonamides is 1. The van der Waals surface area contributed by atoms with Gasteiger partial charge in [-0.15, -0.1) is 0 Å². The Balaban J connectivity index is 1.71. The highest BCUT2D eigenvalue weighted by Crippen LogP contribution is 2.25. The zero-order valence-electron chi connectivity index (χ0n) is 18.6. The van der Waals surface area contributed by atoms with Crippen LogP contribution in [0.25, 0.3) is 0 Å². The number of alkyl halides is 3. The second kappa shape index (κ2) is 10.6. The highest BCUT2D eigenvalue weighted by atomic mass is 32.2. The highest BCUT2D eigenvalue weighted by Gasteiger charge is 2.31. The van der Waals surface area contributed by atoms with Crippen molar-refractivity contribution in [3.8, 4) is 0 Å². The second-order valence-electron chi connectivity index (χ2n) is 8.12. The first-order valence-electron chi connectivity index (χ1n) is 10.8. The van der Waals surface area contributed by atoms with Gasteiger partial charge in [-0.3, -0.25) is 9.59 Å². The summed E-state index contributed by atoms with van der Waals surface area (Å²) in [5.74, 6) is -1.34. The van der Waals surface area contributed by atoms with Crippen LogP contribution in [-0.2, 0) is 16.6 Å². The van der Waals surface area contributed by atoms with E-state index in [9.17, 15) is 31.2 Å². The Kier molecular flexibility index (Phi) is 7.98. The summed E-state index contributed by atoms with van der Waals surface area (Å²) >= 11 is 0. The van der Waals surface area contributed by atoms with Crippen molar-refractivity contribution in [1.82, 2.24) is 14.5 Å². The Morgan fingerprint density at radius 1 is 1.00 bits per heavy atom. The number of hydrogen-bond acceptors (Lipinski definition) is 4. The van der Waals surface area contributed by atoms with Crippen molar-refractivity contribution in [2.75, 3.05) is 26.7 Å². The standard InChI is InChI=1S/C23H26F3N3O4S/c1-28(15-17-9-11-18(12-10-17)21(30)27-16-23(24,25)26)22(31)19-7-3-4-8-20(19)34(32,33)29-13-5-2-6-14-29/h3-4,7-12H,2,5-6,13-16H2,1H3,(H,27,30). The molecular weight excluding hydrogens is 471 g/mol. The van der Waals surface area contributed by atoms with Crippen LogP contribution in [0, 0.1) is 0 Å². The molecule has 0 aliphatic carbocycles. The predicted molar refractivity (Wildman–Crippen MR) is 120 cm³/mol. The van der Waals surface area contributed by atoms with Crippen LogP contribution in [-0.4, -0.2) is 62.3 Å². The molecule has 0 aromatic heterocycles. The molecule has 7 nitrogen and oxygen atoms in total. The molecule has 34 heavy (non-hydrogen) atoms. The fraction of sp³-hybridized carbons (Fsp3) is 0.391. The Bertz CT molecular complexity index is 1130. The Morgan fingerprint density at radius 3 is 2.24 bits per heavy atom. The quantitative estimate of drug-likeness (QED) is 0.635. The van der Waals surface area contributed by atoms with Crippen LogP contribution in [0.1, 0.15) is 45.5 Å². The molecule has 1 fully saturated rings. The minimum absolute atomic E-state index is 0.0366. The Labute approximate surface area is 196 Å². The van der Waals surface area contributed by atoms with Gasteiger partial charge in [0.1, 0.15) is 6.54 Å². The number of amides is 2. The molecule has 0 unspecified atom stereocenters. The molecule has 0 bridgehead atoms. The third kappa shape index (κ3) is 6.35. The number of hydrogen-bond donors (Lipinski definition) is 1. The molecule has 0 atom stereocenters. The summed E-state index contributed by atoms with van der Waals surface area (Å²) < 4.78 is 64.5. The summed E-state index contributed by atoms with van der Waals surface area (Å²) in [5.41, 5.74) is 0.748. The molecule has 2 aromatic carbocycles. The summed E-state index contributed by atoms with van der Waals surface area (Å²) in [5, 5.41) is 1.80. The molecule has 1 heterocycles. The van der Waals surface area contributed by atoms with Crippen LogP contribution in [0.2, 0.25) is 0 Å². The number of carbonyl (C=O) groups is 2. The maximum atomic E-state index is 13.2. The average Bonchev–Trinajstić information content (AvgIpc) is 2.82. The normalized spacial score (nSPS) is 15.1. The number of rotatable bonds is 7. The van der Waals surface area contributed by atoms with Crippen molar-refractivity contribution in [3.05, 3.63) is 65.2 Å². The minimum atomic E-state index is -4.50. The third-order valence-electron chi connectivity index (χ3n) is 5.48. The van der Waals surface area contributed by atoms with Gasteiger partial charge < -0.3 is 10.2 Å². The van der Waals surface area contributed by atoms with Gasteiger partial charge in [0.25, 0.3) is 11.8 Å². The van der Waals surface area contributed by atoms with E-state index >= 15 is 0 Å². The molecule has 1 aliphatic heterocycles. The maximum Gasteiger partial charge on any atom is 0.405 e. The molecule has 1 aliphatic rings. The van der Waals surface area contributed by atoms with Crippen molar-refractivity contribution < 1.29 is 31.2 Å². The first-order chi connectivity index (χ1) is 16.0. The van der Waals surface area contributed by atoms with Gasteiger partial charge in [0.15, 0.2) is 0 Å². The number of nitrogens with zero attached hydrogens (tertiary/aromatic N) is 2. The van der Waals surface area contributed by atoms with Crippen molar-refractivity contribution >= 4 is 21.8 Å². The molecule has 2 amide bonds. The fourth-order valence-electron chi connectivity index (χ4n) is 3.71. The van der Waals surface area contributed by atoms with Crippen molar-refractivity contribution in [3.63, 3.8) is 0 Å². The molecule has 2 aromatic rings. The highest BCUT2D eigenvalue weighted by molar-refractivity contribution is 7.89. The monoisotopic (exact) mass is 497 g/mol. The van der Waals surface area contributed by atoms with Crippen molar-refractivity contribution in [1.29, 1.82) is 0 Å². The van der Waals surface area contributed by atoms with Crippen molar-refractivity contribution in [2.45, 2.75) is 36.9 Å². The average molecular weight is 498 g/mol. The van der Waals surface area contributed by atoms with E-state index in [1.807, 2.05) is 0 Å². The molecule has 11 heteroatoms. The van der Waals surface area contributed by atoms with Crippen LogP contribution < -0.4 is 5.32 Å². The van der Waals surface area contributed by atoms with E-state index in [2.05, 4.69) is 0 Å². The summed E-state index contributed by atoms with van der Waals surface area (Å²) in [6.45, 7) is -0.473. The number of halogens is 3. The summed E-state index contributed by atoms with van der Waals surface area (Å²) in [4.78, 5) is 26.3. The van der Waals surface area contributed by atoms with Crippen LogP contribution in [0.15, 0.2) is 53.4 Å². The van der Waals surface area contributed by atoms with E-state index < -0.39 is 34.6 Å². The van der Waals surface area contributed by atoms with Crippen LogP contribution in [0.4, 0.5) is 13.2 Å². The minimum Gasteiger partial charge on any atom is -0.343 e. The molecule has 0 radical (unpaired) electrons. The van der Waals surface area contributed by atoms with E-state index in [1.54, 1.807) is 17.4 Å². The largest absolute Gasteiger partial charge is 0.405 e. The zero-order chi connectivity index (χ0) is 24.9. The molecule has 0 saturated carbocycles. The predicted octanol–water partition coefficient (Wildman–Crippen LogP) is 3.43. The second-order valence-corrected chi connectivity index (χ2v) is 10.0. The van der Waals surface area contributed by atoms with E-state index in [4.69, 9.17) is 0 Å². The van der Waals surface area contributed by atoms with Gasteiger partial charge in [0, 0.05) is 32.2 Å². The number of benzene rings is 2. The first kappa shape index (κ1) is 25.7. The first-order valence-corrected chi connectivity index (χ1v) is 12.2. The van der Waals surface area contributed by atoms with Gasteiger partial charge in [0.2, 0.25) is 10.0 Å². The SMILES string of the molecule is CN(Cc1ccc(C(=O)NCC(F)(F)F)cc1)C(=O)c1ccccc1S(=O)(=O)N1CCCCC1. The number of carbonyl (C=O) groups excluding carboxylic acids is 2. The lowest BCUT2D eigenvalue weighted by molar-refractivity contribution is -0.123. The molecule has 1 N–H and O–H groups in total. The van der Waals surface area contributed by atoms with Gasteiger partial charge in [-0.1, -0.05) is 30.7 Å². The summed E-state index contributed by atoms with van der Waals surface area (Å²) in [6.07, 6.45) is -1.98. The van der Waals surface area contributed by atoms with E-state index in [0.29, 0.717) is 18.7 Å². The molecule has 1 saturated heterocycles. The van der Waals surface area contributed by atoms with Gasteiger partial charge in [0.05, 0.1) is 10.5 Å². The maximum absolute atomic E-state index is 13.2. The van der Waals surface area contributed by atoms with Crippen molar-refractivity contribution in [2.24, 2.45) is 0 Å². The molecule has 0 spiro atoms. The number of nitrogens with one attached hydrogen (secondary N) is 1. The molecule has 184 valence electrons. The van der Waals surface area contributed by atoms with Gasteiger partial charge in [-0.05, 0) is 42.7 Å². The molecule has 3 rings (SSSR count). The summed E-state index contributed by atoms with van der Waals surface area (Å²) in [6, 6.07) is 11.9. The van der Waals surface area contributed by atoms with Gasteiger partial charge in [-0.25, -0.2) is 8.42 Å². The molecular formula is C23H26F3N3O4S. The Hall–Kier alpha value is -2.92. The van der Waals surface area contributed by atoms with Crippen LogP contribution >= 0.6 is 0 Å². The van der Waals surface area contributed by atoms with E-state index in [0.717, 1.165) is 19.3 Å². The number of piperidine rings is 1. The lowest BCUT2D eigenvalue weighted by Gasteiger charge is -2.27. The lowest BCUT2D eigenvalue weighted by atomic mass is 10.1. The van der Waals surface area contributed by atoms with E-state index in [1.165, 1.54) is 52.7 Å². The topological polar surface area (TPSA) is 86.8 Å². The van der Waals surface area contributed by atoms with Gasteiger partial charge in [-0.2, -0.15) is 17.5 Å². The van der Waals surface area contributed by atoms with E-state index in [-0.39, 0.29) is 22.6 Å². The third-order valence-corrected chi connectivity index (χ3v) is 7.44. The Morgan fingerprint density at radius 2 is 1.62 bits per heavy atom. The zero-order valence-corrected chi connectivity index (χ0v) is 19.5. The lowest BCUT2D eigenvalue weighted by Crippen LogP contribution is -2.37. The van der Waals surface area contributed by atoms with Crippen LogP contribution in [0.5, 0.6) is 0 Å². The van der Waals surface area contributed by atoms with Gasteiger partial charge >= 0.3 is 6.18 Å². The summed E-state index contributed by atoms with van der Waals surface area (Å²) in [7, 11) is -2.29.